The van der Waals surface area contributed by atoms with Crippen molar-refractivity contribution >= 4 is 11.6 Å². The van der Waals surface area contributed by atoms with E-state index in [4.69, 9.17) is 11.0 Å². The van der Waals surface area contributed by atoms with E-state index in [1.807, 2.05) is 6.07 Å². The molecule has 0 bridgehead atoms. The van der Waals surface area contributed by atoms with E-state index in [1.165, 1.54) is 4.90 Å². The fraction of sp³-hybridized carbons (Fsp3) is 0.385. The van der Waals surface area contributed by atoms with Crippen LogP contribution < -0.4 is 5.73 Å². The monoisotopic (exact) mass is 267 g/mol. The molecule has 6 heteroatoms. The Balaban J connectivity index is 3.07. The molecule has 1 rings (SSSR count). The van der Waals surface area contributed by atoms with Crippen LogP contribution in [0.5, 0.6) is 0 Å². The van der Waals surface area contributed by atoms with Crippen LogP contribution in [0.4, 0.5) is 14.5 Å². The van der Waals surface area contributed by atoms with Crippen molar-refractivity contribution in [1.29, 1.82) is 5.26 Å². The van der Waals surface area contributed by atoms with Crippen molar-refractivity contribution in [2.24, 2.45) is 0 Å². The second-order valence-electron chi connectivity index (χ2n) is 4.35. The Morgan fingerprint density at radius 1 is 1.42 bits per heavy atom. The molecule has 1 aromatic carbocycles. The number of carbonyl (C=O) groups excluding carboxylic acids is 1. The van der Waals surface area contributed by atoms with Gasteiger partial charge in [0.05, 0.1) is 12.5 Å². The van der Waals surface area contributed by atoms with E-state index in [2.05, 4.69) is 0 Å². The third-order valence-electron chi connectivity index (χ3n) is 2.67. The lowest BCUT2D eigenvalue weighted by Crippen LogP contribution is -2.37. The highest BCUT2D eigenvalue weighted by Crippen LogP contribution is 2.19. The zero-order valence-corrected chi connectivity index (χ0v) is 10.8. The molecule has 0 aliphatic heterocycles. The second kappa shape index (κ2) is 6.14. The lowest BCUT2D eigenvalue weighted by molar-refractivity contribution is 0.0709. The Morgan fingerprint density at radius 2 is 1.95 bits per heavy atom. The number of rotatable bonds is 4. The van der Waals surface area contributed by atoms with Crippen molar-refractivity contribution in [3.8, 4) is 6.07 Å². The normalized spacial score (nSPS) is 10.3. The van der Waals surface area contributed by atoms with Gasteiger partial charge in [-0.1, -0.05) is 0 Å². The molecule has 0 saturated carbocycles. The molecule has 1 aromatic rings. The zero-order chi connectivity index (χ0) is 14.6. The van der Waals surface area contributed by atoms with Crippen LogP contribution in [0.2, 0.25) is 0 Å². The lowest BCUT2D eigenvalue weighted by Gasteiger charge is -2.26. The smallest absolute Gasteiger partial charge is 0.254 e. The average molecular weight is 267 g/mol. The van der Waals surface area contributed by atoms with Crippen molar-refractivity contribution in [2.75, 3.05) is 12.3 Å². The number of anilines is 1. The number of benzene rings is 1. The van der Waals surface area contributed by atoms with Gasteiger partial charge < -0.3 is 10.6 Å². The summed E-state index contributed by atoms with van der Waals surface area (Å²) < 4.78 is 26.7. The molecule has 0 spiro atoms. The third kappa shape index (κ3) is 3.41. The molecule has 0 heterocycles. The molecule has 0 aliphatic rings. The molecule has 102 valence electrons. The predicted octanol–water partition coefficient (Wildman–Crippen LogP) is 2.31. The van der Waals surface area contributed by atoms with Gasteiger partial charge in [-0.25, -0.2) is 8.78 Å². The van der Waals surface area contributed by atoms with E-state index in [9.17, 15) is 13.6 Å². The molecule has 0 saturated heterocycles. The van der Waals surface area contributed by atoms with Crippen LogP contribution in [-0.2, 0) is 0 Å². The molecule has 0 atom stereocenters. The number of carbonyl (C=O) groups is 1. The maximum Gasteiger partial charge on any atom is 0.254 e. The summed E-state index contributed by atoms with van der Waals surface area (Å²) in [6.07, 6.45) is 0.157. The van der Waals surface area contributed by atoms with E-state index < -0.39 is 23.2 Å². The molecule has 0 aliphatic carbocycles. The van der Waals surface area contributed by atoms with Crippen molar-refractivity contribution in [1.82, 2.24) is 4.90 Å². The number of amides is 1. The first-order valence-electron chi connectivity index (χ1n) is 5.81. The van der Waals surface area contributed by atoms with Gasteiger partial charge in [-0.05, 0) is 26.0 Å². The Morgan fingerprint density at radius 3 is 2.37 bits per heavy atom. The molecule has 4 nitrogen and oxygen atoms in total. The lowest BCUT2D eigenvalue weighted by atomic mass is 10.1. The molecule has 0 aromatic heterocycles. The molecule has 2 N–H and O–H groups in total. The topological polar surface area (TPSA) is 70.1 Å². The summed E-state index contributed by atoms with van der Waals surface area (Å²) in [6.45, 7) is 3.74. The van der Waals surface area contributed by atoms with Gasteiger partial charge in [-0.3, -0.25) is 4.79 Å². The highest BCUT2D eigenvalue weighted by Gasteiger charge is 2.21. The summed E-state index contributed by atoms with van der Waals surface area (Å²) in [7, 11) is 0. The summed E-state index contributed by atoms with van der Waals surface area (Å²) in [4.78, 5) is 13.5. The Kier molecular flexibility index (Phi) is 4.81. The van der Waals surface area contributed by atoms with Gasteiger partial charge >= 0.3 is 0 Å². The number of nitriles is 1. The van der Waals surface area contributed by atoms with Gasteiger partial charge in [0.25, 0.3) is 5.91 Å². The van der Waals surface area contributed by atoms with Crippen molar-refractivity contribution in [3.05, 3.63) is 29.3 Å². The standard InChI is InChI=1S/C13H15F2N3O/c1-8(2)18(5-3-4-16)13(19)9-6-10(14)12(17)11(15)7-9/h6-8H,3,5,17H2,1-2H3. The van der Waals surface area contributed by atoms with Crippen LogP contribution >= 0.6 is 0 Å². The minimum Gasteiger partial charge on any atom is -0.394 e. The van der Waals surface area contributed by atoms with Gasteiger partial charge in [-0.2, -0.15) is 5.26 Å². The van der Waals surface area contributed by atoms with Crippen LogP contribution in [0.25, 0.3) is 0 Å². The fourth-order valence-electron chi connectivity index (χ4n) is 1.64. The summed E-state index contributed by atoms with van der Waals surface area (Å²) in [5.74, 6) is -2.46. The number of hydrogen-bond acceptors (Lipinski definition) is 3. The molecule has 19 heavy (non-hydrogen) atoms. The van der Waals surface area contributed by atoms with E-state index in [0.717, 1.165) is 12.1 Å². The number of nitrogens with zero attached hydrogens (tertiary/aromatic N) is 2. The summed E-state index contributed by atoms with van der Waals surface area (Å²) >= 11 is 0. The summed E-state index contributed by atoms with van der Waals surface area (Å²) in [5, 5.41) is 8.55. The van der Waals surface area contributed by atoms with Crippen molar-refractivity contribution < 1.29 is 13.6 Å². The molecule has 0 radical (unpaired) electrons. The van der Waals surface area contributed by atoms with E-state index >= 15 is 0 Å². The molecule has 1 amide bonds. The minimum atomic E-state index is -0.965. The first-order chi connectivity index (χ1) is 8.88. The fourth-order valence-corrected chi connectivity index (χ4v) is 1.64. The van der Waals surface area contributed by atoms with Crippen LogP contribution in [0.15, 0.2) is 12.1 Å². The molecular weight excluding hydrogens is 252 g/mol. The predicted molar refractivity (Wildman–Crippen MR) is 67.2 cm³/mol. The molecular formula is C13H15F2N3O. The number of hydrogen-bond donors (Lipinski definition) is 1. The van der Waals surface area contributed by atoms with Gasteiger partial charge in [-0.15, -0.1) is 0 Å². The number of nitrogen functional groups attached to an aromatic ring is 1. The zero-order valence-electron chi connectivity index (χ0n) is 10.8. The van der Waals surface area contributed by atoms with Gasteiger partial charge in [0.15, 0.2) is 0 Å². The first kappa shape index (κ1) is 14.9. The molecule has 0 unspecified atom stereocenters. The van der Waals surface area contributed by atoms with Crippen molar-refractivity contribution in [3.63, 3.8) is 0 Å². The maximum absolute atomic E-state index is 13.3. The highest BCUT2D eigenvalue weighted by molar-refractivity contribution is 5.94. The van der Waals surface area contributed by atoms with E-state index in [0.29, 0.717) is 0 Å². The van der Waals surface area contributed by atoms with Gasteiger partial charge in [0.2, 0.25) is 0 Å². The number of nitrogens with two attached hydrogens (primary N) is 1. The van der Waals surface area contributed by atoms with E-state index in [1.54, 1.807) is 13.8 Å². The Bertz CT molecular complexity index is 500. The maximum atomic E-state index is 13.3. The minimum absolute atomic E-state index is 0.115. The van der Waals surface area contributed by atoms with Crippen molar-refractivity contribution in [2.45, 2.75) is 26.3 Å². The third-order valence-corrected chi connectivity index (χ3v) is 2.67. The van der Waals surface area contributed by atoms with Crippen LogP contribution in [0.1, 0.15) is 30.6 Å². The van der Waals surface area contributed by atoms with E-state index in [-0.39, 0.29) is 24.6 Å². The van der Waals surface area contributed by atoms with Crippen LogP contribution in [-0.4, -0.2) is 23.4 Å². The first-order valence-corrected chi connectivity index (χ1v) is 5.81. The second-order valence-corrected chi connectivity index (χ2v) is 4.35. The van der Waals surface area contributed by atoms with Crippen LogP contribution in [0, 0.1) is 23.0 Å². The van der Waals surface area contributed by atoms with Gasteiger partial charge in [0.1, 0.15) is 17.3 Å². The number of halogens is 2. The summed E-state index contributed by atoms with van der Waals surface area (Å²) in [6, 6.07) is 3.56. The van der Waals surface area contributed by atoms with Crippen LogP contribution in [0.3, 0.4) is 0 Å². The average Bonchev–Trinajstić information content (AvgIpc) is 2.35. The summed E-state index contributed by atoms with van der Waals surface area (Å²) in [5.41, 5.74) is 4.43. The quantitative estimate of drug-likeness (QED) is 0.851. The molecule has 0 fully saturated rings. The largest absolute Gasteiger partial charge is 0.394 e. The highest BCUT2D eigenvalue weighted by atomic mass is 19.1. The Hall–Kier alpha value is -2.16. The SMILES string of the molecule is CC(C)N(CCC#N)C(=O)c1cc(F)c(N)c(F)c1. The van der Waals surface area contributed by atoms with Gasteiger partial charge in [0, 0.05) is 18.2 Å². The Labute approximate surface area is 110 Å².